The maximum Gasteiger partial charge on any atom is 0.271 e. The van der Waals surface area contributed by atoms with Gasteiger partial charge < -0.3 is 15.7 Å². The summed E-state index contributed by atoms with van der Waals surface area (Å²) >= 11 is 1.34. The Hall–Kier alpha value is -3.39. The van der Waals surface area contributed by atoms with Crippen LogP contribution in [0.15, 0.2) is 35.7 Å². The summed E-state index contributed by atoms with van der Waals surface area (Å²) in [5.74, 6) is 1.31. The standard InChI is InChI=1S/C24H27N7O2S/c1-16-27-20(19-3-2-9-31(13-19)10-8-25)11-22(28-16)30-24-29-21(15-34-24)23(33)26-12-17-4-6-18(14-32)7-5-17/h4-7,11,15,19,32H,2-3,9-10,12-14H2,1H3,(H,26,33)(H,27,28,29,30)/t19-/m1/s1. The molecule has 1 aliphatic heterocycles. The number of benzene rings is 1. The Morgan fingerprint density at radius 1 is 1.26 bits per heavy atom. The summed E-state index contributed by atoms with van der Waals surface area (Å²) in [4.78, 5) is 28.2. The summed E-state index contributed by atoms with van der Waals surface area (Å²) < 4.78 is 0. The molecular weight excluding hydrogens is 450 g/mol. The number of hydrogen-bond acceptors (Lipinski definition) is 9. The van der Waals surface area contributed by atoms with Gasteiger partial charge in [-0.1, -0.05) is 24.3 Å². The van der Waals surface area contributed by atoms with Crippen LogP contribution in [0.2, 0.25) is 0 Å². The Kier molecular flexibility index (Phi) is 7.80. The smallest absolute Gasteiger partial charge is 0.271 e. The number of amides is 1. The first-order valence-electron chi connectivity index (χ1n) is 11.2. The van der Waals surface area contributed by atoms with Crippen LogP contribution in [-0.2, 0) is 13.2 Å². The fraction of sp³-hybridized carbons (Fsp3) is 0.375. The average molecular weight is 478 g/mol. The molecule has 1 fully saturated rings. The molecule has 1 amide bonds. The van der Waals surface area contributed by atoms with Gasteiger partial charge in [-0.05, 0) is 37.4 Å². The predicted octanol–water partition coefficient (Wildman–Crippen LogP) is 3.11. The highest BCUT2D eigenvalue weighted by Gasteiger charge is 2.23. The third-order valence-corrected chi connectivity index (χ3v) is 6.46. The molecule has 9 nitrogen and oxygen atoms in total. The fourth-order valence-corrected chi connectivity index (χ4v) is 4.68. The number of nitrogens with one attached hydrogen (secondary N) is 2. The predicted molar refractivity (Wildman–Crippen MR) is 130 cm³/mol. The molecule has 1 aliphatic rings. The highest BCUT2D eigenvalue weighted by atomic mass is 32.1. The lowest BCUT2D eigenvalue weighted by Gasteiger charge is -2.30. The van der Waals surface area contributed by atoms with E-state index in [0.29, 0.717) is 35.6 Å². The molecule has 0 unspecified atom stereocenters. The van der Waals surface area contributed by atoms with E-state index < -0.39 is 0 Å². The lowest BCUT2D eigenvalue weighted by molar-refractivity contribution is 0.0946. The number of anilines is 2. The normalized spacial score (nSPS) is 16.1. The molecule has 3 aromatic rings. The Bertz CT molecular complexity index is 1170. The first-order chi connectivity index (χ1) is 16.5. The fourth-order valence-electron chi connectivity index (χ4n) is 3.98. The van der Waals surface area contributed by atoms with Crippen molar-refractivity contribution in [2.75, 3.05) is 25.0 Å². The number of aliphatic hydroxyl groups excluding tert-OH is 1. The van der Waals surface area contributed by atoms with Crippen molar-refractivity contribution in [3.63, 3.8) is 0 Å². The molecule has 0 bridgehead atoms. The number of carbonyl (C=O) groups excluding carboxylic acids is 1. The summed E-state index contributed by atoms with van der Waals surface area (Å²) in [5.41, 5.74) is 3.07. The van der Waals surface area contributed by atoms with Crippen molar-refractivity contribution in [1.29, 1.82) is 5.26 Å². The van der Waals surface area contributed by atoms with Crippen molar-refractivity contribution in [1.82, 2.24) is 25.2 Å². The zero-order chi connectivity index (χ0) is 23.9. The first kappa shape index (κ1) is 23.8. The van der Waals surface area contributed by atoms with Crippen molar-refractivity contribution < 1.29 is 9.90 Å². The van der Waals surface area contributed by atoms with Gasteiger partial charge in [0.05, 0.1) is 24.9 Å². The van der Waals surface area contributed by atoms with E-state index in [-0.39, 0.29) is 18.4 Å². The number of nitrogens with zero attached hydrogens (tertiary/aromatic N) is 5. The Morgan fingerprint density at radius 3 is 2.82 bits per heavy atom. The van der Waals surface area contributed by atoms with E-state index in [1.807, 2.05) is 37.3 Å². The van der Waals surface area contributed by atoms with Crippen LogP contribution in [0.3, 0.4) is 0 Å². The van der Waals surface area contributed by atoms with Crippen molar-refractivity contribution in [3.05, 3.63) is 64.1 Å². The minimum atomic E-state index is -0.255. The molecule has 4 rings (SSSR count). The van der Waals surface area contributed by atoms with Gasteiger partial charge in [-0.2, -0.15) is 5.26 Å². The largest absolute Gasteiger partial charge is 0.392 e. The summed E-state index contributed by atoms with van der Waals surface area (Å²) in [7, 11) is 0. The van der Waals surface area contributed by atoms with Crippen LogP contribution in [0, 0.1) is 18.3 Å². The average Bonchev–Trinajstić information content (AvgIpc) is 3.31. The van der Waals surface area contributed by atoms with Crippen LogP contribution >= 0.6 is 11.3 Å². The monoisotopic (exact) mass is 477 g/mol. The number of aliphatic hydroxyl groups is 1. The SMILES string of the molecule is Cc1nc(Nc2nc(C(=O)NCc3ccc(CO)cc3)cs2)cc([C@@H]2CCCN(CC#N)C2)n1. The molecule has 0 aliphatic carbocycles. The number of aryl methyl sites for hydroxylation is 1. The molecule has 34 heavy (non-hydrogen) atoms. The number of nitriles is 1. The highest BCUT2D eigenvalue weighted by Crippen LogP contribution is 2.28. The molecule has 2 aromatic heterocycles. The quantitative estimate of drug-likeness (QED) is 0.422. The van der Waals surface area contributed by atoms with Gasteiger partial charge in [0.25, 0.3) is 5.91 Å². The van der Waals surface area contributed by atoms with Crippen LogP contribution in [0.5, 0.6) is 0 Å². The summed E-state index contributed by atoms with van der Waals surface area (Å²) in [5, 5.41) is 26.5. The minimum absolute atomic E-state index is 0.00507. The van der Waals surface area contributed by atoms with Gasteiger partial charge >= 0.3 is 0 Å². The first-order valence-corrected chi connectivity index (χ1v) is 12.1. The van der Waals surface area contributed by atoms with Gasteiger partial charge in [-0.3, -0.25) is 9.69 Å². The van der Waals surface area contributed by atoms with E-state index in [0.717, 1.165) is 42.8 Å². The molecule has 0 saturated carbocycles. The maximum atomic E-state index is 12.5. The van der Waals surface area contributed by atoms with E-state index in [2.05, 4.69) is 36.6 Å². The number of carbonyl (C=O) groups is 1. The minimum Gasteiger partial charge on any atom is -0.392 e. The van der Waals surface area contributed by atoms with Crippen LogP contribution in [-0.4, -0.2) is 50.5 Å². The molecule has 3 N–H and O–H groups in total. The topological polar surface area (TPSA) is 127 Å². The van der Waals surface area contributed by atoms with E-state index in [1.165, 1.54) is 11.3 Å². The molecule has 10 heteroatoms. The second-order valence-electron chi connectivity index (χ2n) is 8.28. The van der Waals surface area contributed by atoms with Crippen LogP contribution < -0.4 is 10.6 Å². The number of likely N-dealkylation sites (tertiary alicyclic amines) is 1. The third-order valence-electron chi connectivity index (χ3n) is 5.71. The molecule has 0 spiro atoms. The van der Waals surface area contributed by atoms with Crippen molar-refractivity contribution in [2.24, 2.45) is 0 Å². The Morgan fingerprint density at radius 2 is 2.06 bits per heavy atom. The number of hydrogen-bond donors (Lipinski definition) is 3. The second-order valence-corrected chi connectivity index (χ2v) is 9.14. The molecule has 3 heterocycles. The van der Waals surface area contributed by atoms with Gasteiger partial charge in [0.1, 0.15) is 17.3 Å². The van der Waals surface area contributed by atoms with Crippen molar-refractivity contribution in [3.8, 4) is 6.07 Å². The van der Waals surface area contributed by atoms with Crippen LogP contribution in [0.4, 0.5) is 10.9 Å². The third kappa shape index (κ3) is 6.14. The Labute approximate surface area is 202 Å². The number of piperidine rings is 1. The number of aromatic nitrogens is 3. The molecule has 1 atom stereocenters. The lowest BCUT2D eigenvalue weighted by Crippen LogP contribution is -2.35. The van der Waals surface area contributed by atoms with E-state index in [9.17, 15) is 4.79 Å². The van der Waals surface area contributed by atoms with Gasteiger partial charge in [0.2, 0.25) is 0 Å². The molecule has 1 saturated heterocycles. The van der Waals surface area contributed by atoms with Gasteiger partial charge in [-0.25, -0.2) is 15.0 Å². The summed E-state index contributed by atoms with van der Waals surface area (Å²) in [6.45, 7) is 4.42. The van der Waals surface area contributed by atoms with E-state index in [1.54, 1.807) is 5.38 Å². The van der Waals surface area contributed by atoms with E-state index in [4.69, 9.17) is 10.4 Å². The van der Waals surface area contributed by atoms with Gasteiger partial charge in [0.15, 0.2) is 5.13 Å². The zero-order valence-electron chi connectivity index (χ0n) is 19.0. The molecule has 176 valence electrons. The lowest BCUT2D eigenvalue weighted by atomic mass is 9.94. The van der Waals surface area contributed by atoms with Crippen LogP contribution in [0.1, 0.15) is 51.9 Å². The number of thiazole rings is 1. The molecule has 1 aromatic carbocycles. The second kappa shape index (κ2) is 11.2. The van der Waals surface area contributed by atoms with Crippen molar-refractivity contribution in [2.45, 2.75) is 38.8 Å². The molecule has 0 radical (unpaired) electrons. The zero-order valence-corrected chi connectivity index (χ0v) is 19.8. The van der Waals surface area contributed by atoms with Crippen LogP contribution in [0.25, 0.3) is 0 Å². The van der Waals surface area contributed by atoms with E-state index >= 15 is 0 Å². The summed E-state index contributed by atoms with van der Waals surface area (Å²) in [6, 6.07) is 11.6. The Balaban J connectivity index is 1.38. The highest BCUT2D eigenvalue weighted by molar-refractivity contribution is 7.14. The van der Waals surface area contributed by atoms with Crippen molar-refractivity contribution >= 4 is 28.2 Å². The summed E-state index contributed by atoms with van der Waals surface area (Å²) in [6.07, 6.45) is 2.07. The van der Waals surface area contributed by atoms with Gasteiger partial charge in [0, 0.05) is 30.5 Å². The van der Waals surface area contributed by atoms with Gasteiger partial charge in [-0.15, -0.1) is 11.3 Å². The molecular formula is C24H27N7O2S. The number of rotatable bonds is 8. The maximum absolute atomic E-state index is 12.5.